The van der Waals surface area contributed by atoms with Crippen LogP contribution in [0.4, 0.5) is 10.5 Å². The normalized spacial score (nSPS) is 24.7. The summed E-state index contributed by atoms with van der Waals surface area (Å²) in [7, 11) is -2.99. The van der Waals surface area contributed by atoms with Crippen molar-refractivity contribution in [3.8, 4) is 0 Å². The van der Waals surface area contributed by atoms with E-state index >= 15 is 0 Å². The number of carbonyl (C=O) groups is 1. The molecule has 2 fully saturated rings. The van der Waals surface area contributed by atoms with Crippen LogP contribution in [0.5, 0.6) is 0 Å². The maximum absolute atomic E-state index is 12.7. The van der Waals surface area contributed by atoms with Crippen molar-refractivity contribution in [1.29, 1.82) is 0 Å². The van der Waals surface area contributed by atoms with Gasteiger partial charge in [-0.2, -0.15) is 0 Å². The van der Waals surface area contributed by atoms with Crippen molar-refractivity contribution in [2.24, 2.45) is 5.92 Å². The quantitative estimate of drug-likeness (QED) is 0.924. The standard InChI is InChI=1S/C16H22N2O3S/c1-12(13-7-8-13)18(15-5-3-2-4-6-15)16(19)17-14-9-10-22(20,21)11-14/h2-6,12-14H,7-11H2,1H3,(H,17,19)/t12-,14-/m1/s1. The Morgan fingerprint density at radius 1 is 1.23 bits per heavy atom. The van der Waals surface area contributed by atoms with E-state index in [1.807, 2.05) is 30.3 Å². The third-order valence-electron chi connectivity index (χ3n) is 4.52. The lowest BCUT2D eigenvalue weighted by atomic mass is 10.1. The van der Waals surface area contributed by atoms with Gasteiger partial charge in [0.15, 0.2) is 9.84 Å². The second kappa shape index (κ2) is 5.91. The van der Waals surface area contributed by atoms with Crippen LogP contribution in [0.25, 0.3) is 0 Å². The maximum Gasteiger partial charge on any atom is 0.322 e. The Bertz CT molecular complexity index is 641. The molecule has 0 unspecified atom stereocenters. The number of rotatable bonds is 4. The average molecular weight is 322 g/mol. The highest BCUT2D eigenvalue weighted by Gasteiger charge is 2.37. The molecule has 1 aliphatic heterocycles. The number of urea groups is 1. The van der Waals surface area contributed by atoms with Gasteiger partial charge in [-0.1, -0.05) is 18.2 Å². The number of nitrogens with zero attached hydrogens (tertiary/aromatic N) is 1. The molecule has 2 atom stereocenters. The van der Waals surface area contributed by atoms with Crippen LogP contribution >= 0.6 is 0 Å². The first kappa shape index (κ1) is 15.3. The first-order chi connectivity index (χ1) is 10.5. The van der Waals surface area contributed by atoms with Gasteiger partial charge in [-0.25, -0.2) is 13.2 Å². The second-order valence-electron chi connectivity index (χ2n) is 6.33. The van der Waals surface area contributed by atoms with Gasteiger partial charge >= 0.3 is 6.03 Å². The first-order valence-corrected chi connectivity index (χ1v) is 9.63. The molecule has 0 radical (unpaired) electrons. The average Bonchev–Trinajstić information content (AvgIpc) is 3.26. The summed E-state index contributed by atoms with van der Waals surface area (Å²) in [6.07, 6.45) is 2.81. The van der Waals surface area contributed by atoms with Gasteiger partial charge in [0.05, 0.1) is 11.5 Å². The molecule has 1 N–H and O–H groups in total. The predicted molar refractivity (Wildman–Crippen MR) is 86.7 cm³/mol. The van der Waals surface area contributed by atoms with Crippen LogP contribution in [-0.2, 0) is 9.84 Å². The van der Waals surface area contributed by atoms with Gasteiger partial charge in [-0.05, 0) is 44.2 Å². The third-order valence-corrected chi connectivity index (χ3v) is 6.29. The van der Waals surface area contributed by atoms with E-state index in [1.54, 1.807) is 4.90 Å². The van der Waals surface area contributed by atoms with Crippen LogP contribution in [-0.4, -0.2) is 38.0 Å². The number of hydrogen-bond donors (Lipinski definition) is 1. The summed E-state index contributed by atoms with van der Waals surface area (Å²) in [5.74, 6) is 0.763. The maximum atomic E-state index is 12.7. The molecule has 0 bridgehead atoms. The molecule has 1 saturated heterocycles. The van der Waals surface area contributed by atoms with E-state index in [4.69, 9.17) is 0 Å². The van der Waals surface area contributed by atoms with Crippen molar-refractivity contribution < 1.29 is 13.2 Å². The Balaban J connectivity index is 1.75. The summed E-state index contributed by atoms with van der Waals surface area (Å²) in [6.45, 7) is 2.07. The summed E-state index contributed by atoms with van der Waals surface area (Å²) in [5.41, 5.74) is 0.861. The molecule has 2 amide bonds. The molecular weight excluding hydrogens is 300 g/mol. The molecule has 120 valence electrons. The lowest BCUT2D eigenvalue weighted by Crippen LogP contribution is -2.49. The van der Waals surface area contributed by atoms with Crippen LogP contribution in [0, 0.1) is 5.92 Å². The van der Waals surface area contributed by atoms with E-state index in [1.165, 1.54) is 0 Å². The number of para-hydroxylation sites is 1. The van der Waals surface area contributed by atoms with E-state index < -0.39 is 9.84 Å². The molecule has 1 aliphatic carbocycles. The van der Waals surface area contributed by atoms with E-state index in [0.29, 0.717) is 12.3 Å². The third kappa shape index (κ3) is 3.43. The van der Waals surface area contributed by atoms with Gasteiger partial charge in [0, 0.05) is 17.8 Å². The summed E-state index contributed by atoms with van der Waals surface area (Å²) >= 11 is 0. The largest absolute Gasteiger partial charge is 0.334 e. The van der Waals surface area contributed by atoms with E-state index in [9.17, 15) is 13.2 Å². The van der Waals surface area contributed by atoms with Crippen molar-refractivity contribution in [2.45, 2.75) is 38.3 Å². The van der Waals surface area contributed by atoms with Gasteiger partial charge < -0.3 is 5.32 Å². The molecular formula is C16H22N2O3S. The minimum Gasteiger partial charge on any atom is -0.334 e. The second-order valence-corrected chi connectivity index (χ2v) is 8.56. The fraction of sp³-hybridized carbons (Fsp3) is 0.562. The van der Waals surface area contributed by atoms with Gasteiger partial charge in [0.25, 0.3) is 0 Å². The van der Waals surface area contributed by atoms with Gasteiger partial charge in [0.1, 0.15) is 0 Å². The highest BCUT2D eigenvalue weighted by molar-refractivity contribution is 7.91. The molecule has 5 nitrogen and oxygen atoms in total. The summed E-state index contributed by atoms with van der Waals surface area (Å²) in [5, 5.41) is 2.90. The molecule has 1 aromatic carbocycles. The molecule has 1 aromatic rings. The molecule has 0 aromatic heterocycles. The van der Waals surface area contributed by atoms with Crippen LogP contribution in [0.3, 0.4) is 0 Å². The number of hydrogen-bond acceptors (Lipinski definition) is 3. The molecule has 2 aliphatic rings. The van der Waals surface area contributed by atoms with Crippen molar-refractivity contribution >= 4 is 21.6 Å². The number of anilines is 1. The zero-order valence-electron chi connectivity index (χ0n) is 12.7. The highest BCUT2D eigenvalue weighted by atomic mass is 32.2. The van der Waals surface area contributed by atoms with Crippen LogP contribution in [0.15, 0.2) is 30.3 Å². The number of amides is 2. The Morgan fingerprint density at radius 3 is 2.45 bits per heavy atom. The van der Waals surface area contributed by atoms with Gasteiger partial charge in [0.2, 0.25) is 0 Å². The van der Waals surface area contributed by atoms with E-state index in [2.05, 4.69) is 12.2 Å². The SMILES string of the molecule is C[C@H](C1CC1)N(C(=O)N[C@@H]1CCS(=O)(=O)C1)c1ccccc1. The Labute approximate surface area is 131 Å². The van der Waals surface area contributed by atoms with Crippen molar-refractivity contribution in [2.75, 3.05) is 16.4 Å². The molecule has 22 heavy (non-hydrogen) atoms. The van der Waals surface area contributed by atoms with Crippen LogP contribution in [0.2, 0.25) is 0 Å². The first-order valence-electron chi connectivity index (χ1n) is 7.81. The number of carbonyl (C=O) groups excluding carboxylic acids is 1. The molecule has 3 rings (SSSR count). The van der Waals surface area contributed by atoms with Gasteiger partial charge in [-0.15, -0.1) is 0 Å². The summed E-state index contributed by atoms with van der Waals surface area (Å²) in [6, 6.07) is 9.26. The van der Waals surface area contributed by atoms with E-state index in [-0.39, 0.29) is 29.6 Å². The van der Waals surface area contributed by atoms with Crippen LogP contribution in [0.1, 0.15) is 26.2 Å². The van der Waals surface area contributed by atoms with Gasteiger partial charge in [-0.3, -0.25) is 4.90 Å². The zero-order chi connectivity index (χ0) is 15.7. The number of benzene rings is 1. The minimum absolute atomic E-state index is 0.0547. The summed E-state index contributed by atoms with van der Waals surface area (Å²) < 4.78 is 23.1. The zero-order valence-corrected chi connectivity index (χ0v) is 13.6. The van der Waals surface area contributed by atoms with Crippen molar-refractivity contribution in [1.82, 2.24) is 5.32 Å². The number of nitrogens with one attached hydrogen (secondary N) is 1. The van der Waals surface area contributed by atoms with E-state index in [0.717, 1.165) is 18.5 Å². The van der Waals surface area contributed by atoms with Crippen molar-refractivity contribution in [3.05, 3.63) is 30.3 Å². The van der Waals surface area contributed by atoms with Crippen LogP contribution < -0.4 is 10.2 Å². The molecule has 1 saturated carbocycles. The Morgan fingerprint density at radius 2 is 1.91 bits per heavy atom. The minimum atomic E-state index is -2.99. The molecule has 6 heteroatoms. The highest BCUT2D eigenvalue weighted by Crippen LogP contribution is 2.37. The molecule has 0 spiro atoms. The monoisotopic (exact) mass is 322 g/mol. The lowest BCUT2D eigenvalue weighted by Gasteiger charge is -2.30. The lowest BCUT2D eigenvalue weighted by molar-refractivity contribution is 0.240. The number of sulfone groups is 1. The van der Waals surface area contributed by atoms with Crippen molar-refractivity contribution in [3.63, 3.8) is 0 Å². The Kier molecular flexibility index (Phi) is 4.12. The smallest absolute Gasteiger partial charge is 0.322 e. The predicted octanol–water partition coefficient (Wildman–Crippen LogP) is 2.19. The topological polar surface area (TPSA) is 66.5 Å². The summed E-state index contributed by atoms with van der Waals surface area (Å²) in [4.78, 5) is 14.5. The fourth-order valence-corrected chi connectivity index (χ4v) is 4.74. The fourth-order valence-electron chi connectivity index (χ4n) is 3.07. The molecule has 1 heterocycles. The Hall–Kier alpha value is -1.56.